The highest BCUT2D eigenvalue weighted by molar-refractivity contribution is 9.09. The van der Waals surface area contributed by atoms with E-state index in [1.165, 1.54) is 5.56 Å². The molecule has 0 aliphatic carbocycles. The smallest absolute Gasteiger partial charge is 0.100 e. The summed E-state index contributed by atoms with van der Waals surface area (Å²) in [5.74, 6) is 0. The van der Waals surface area contributed by atoms with E-state index in [9.17, 15) is 0 Å². The molecule has 78 valence electrons. The highest BCUT2D eigenvalue weighted by atomic mass is 79.9. The minimum atomic E-state index is -0.227. The highest BCUT2D eigenvalue weighted by Gasteiger charge is 2.26. The fourth-order valence-corrected chi connectivity index (χ4v) is 1.94. The molecule has 1 rings (SSSR count). The van der Waals surface area contributed by atoms with E-state index in [0.29, 0.717) is 0 Å². The van der Waals surface area contributed by atoms with Crippen molar-refractivity contribution in [2.75, 3.05) is 5.33 Å². The van der Waals surface area contributed by atoms with E-state index in [-0.39, 0.29) is 11.7 Å². The van der Waals surface area contributed by atoms with Crippen molar-refractivity contribution in [2.24, 2.45) is 0 Å². The molecule has 1 atom stereocenters. The van der Waals surface area contributed by atoms with Crippen LogP contribution in [0.15, 0.2) is 30.3 Å². The van der Waals surface area contributed by atoms with Crippen molar-refractivity contribution in [1.29, 1.82) is 0 Å². The Morgan fingerprint density at radius 3 is 2.29 bits per heavy atom. The quantitative estimate of drug-likeness (QED) is 0.747. The van der Waals surface area contributed by atoms with Crippen molar-refractivity contribution in [3.63, 3.8) is 0 Å². The van der Waals surface area contributed by atoms with Crippen LogP contribution in [0.3, 0.4) is 0 Å². The lowest BCUT2D eigenvalue weighted by molar-refractivity contribution is -0.0556. The molecule has 0 saturated carbocycles. The first-order valence-electron chi connectivity index (χ1n) is 4.88. The summed E-state index contributed by atoms with van der Waals surface area (Å²) in [6, 6.07) is 10.3. The van der Waals surface area contributed by atoms with E-state index < -0.39 is 0 Å². The normalized spacial score (nSPS) is 15.5. The number of ether oxygens (including phenoxy) is 1. The summed E-state index contributed by atoms with van der Waals surface area (Å²) in [5, 5.41) is 0.808. The van der Waals surface area contributed by atoms with Gasteiger partial charge in [-0.1, -0.05) is 46.3 Å². The van der Waals surface area contributed by atoms with Gasteiger partial charge in [0.1, 0.15) is 5.60 Å². The molecule has 0 radical (unpaired) electrons. The van der Waals surface area contributed by atoms with Crippen LogP contribution in [-0.4, -0.2) is 11.4 Å². The van der Waals surface area contributed by atoms with Crippen LogP contribution in [0, 0.1) is 0 Å². The highest BCUT2D eigenvalue weighted by Crippen LogP contribution is 2.28. The van der Waals surface area contributed by atoms with Gasteiger partial charge in [-0.2, -0.15) is 0 Å². The standard InChI is InChI=1S/C12H17BrO/c1-10(2)14-12(3,9-13)11-7-5-4-6-8-11/h4-8,10H,9H2,1-3H3/t12-/m1/s1. The van der Waals surface area contributed by atoms with Crippen molar-refractivity contribution in [2.45, 2.75) is 32.5 Å². The van der Waals surface area contributed by atoms with Crippen molar-refractivity contribution in [3.05, 3.63) is 35.9 Å². The predicted molar refractivity (Wildman–Crippen MR) is 63.8 cm³/mol. The Balaban J connectivity index is 2.90. The lowest BCUT2D eigenvalue weighted by Crippen LogP contribution is -2.30. The molecular formula is C12H17BrO. The van der Waals surface area contributed by atoms with E-state index in [1.807, 2.05) is 18.2 Å². The summed E-state index contributed by atoms with van der Waals surface area (Å²) in [7, 11) is 0. The van der Waals surface area contributed by atoms with Gasteiger partial charge in [0.2, 0.25) is 0 Å². The lowest BCUT2D eigenvalue weighted by Gasteiger charge is -2.30. The molecule has 0 aliphatic heterocycles. The third-order valence-electron chi connectivity index (χ3n) is 2.14. The first kappa shape index (κ1) is 11.7. The maximum Gasteiger partial charge on any atom is 0.100 e. The minimum absolute atomic E-state index is 0.227. The average Bonchev–Trinajstić information content (AvgIpc) is 2.18. The summed E-state index contributed by atoms with van der Waals surface area (Å²) < 4.78 is 5.93. The average molecular weight is 257 g/mol. The molecule has 0 heterocycles. The number of rotatable bonds is 4. The zero-order valence-corrected chi connectivity index (χ0v) is 10.5. The number of alkyl halides is 1. The number of hydrogen-bond acceptors (Lipinski definition) is 1. The maximum absolute atomic E-state index is 5.93. The number of hydrogen-bond donors (Lipinski definition) is 0. The predicted octanol–water partition coefficient (Wildman–Crippen LogP) is 3.72. The molecule has 0 spiro atoms. The Morgan fingerprint density at radius 1 is 1.29 bits per heavy atom. The van der Waals surface area contributed by atoms with Crippen LogP contribution in [0.5, 0.6) is 0 Å². The molecule has 0 unspecified atom stereocenters. The Kier molecular flexibility index (Phi) is 4.14. The molecule has 2 heteroatoms. The van der Waals surface area contributed by atoms with Crippen LogP contribution < -0.4 is 0 Å². The van der Waals surface area contributed by atoms with E-state index >= 15 is 0 Å². The summed E-state index contributed by atoms with van der Waals surface area (Å²) >= 11 is 3.51. The Morgan fingerprint density at radius 2 is 1.86 bits per heavy atom. The Bertz CT molecular complexity index is 271. The molecule has 1 nitrogen and oxygen atoms in total. The fourth-order valence-electron chi connectivity index (χ4n) is 1.49. The van der Waals surface area contributed by atoms with Gasteiger partial charge in [-0.3, -0.25) is 0 Å². The van der Waals surface area contributed by atoms with Crippen molar-refractivity contribution in [1.82, 2.24) is 0 Å². The maximum atomic E-state index is 5.93. The number of halogens is 1. The SMILES string of the molecule is CC(C)O[C@](C)(CBr)c1ccccc1. The van der Waals surface area contributed by atoms with Crippen LogP contribution in [0.25, 0.3) is 0 Å². The van der Waals surface area contributed by atoms with Gasteiger partial charge in [0.15, 0.2) is 0 Å². The third-order valence-corrected chi connectivity index (χ3v) is 3.21. The summed E-state index contributed by atoms with van der Waals surface area (Å²) in [4.78, 5) is 0. The van der Waals surface area contributed by atoms with Crippen molar-refractivity contribution in [3.8, 4) is 0 Å². The van der Waals surface area contributed by atoms with Gasteiger partial charge in [-0.05, 0) is 26.3 Å². The second kappa shape index (κ2) is 4.94. The van der Waals surface area contributed by atoms with Crippen LogP contribution in [0.1, 0.15) is 26.3 Å². The summed E-state index contributed by atoms with van der Waals surface area (Å²) in [5.41, 5.74) is 0.987. The molecule has 1 aromatic rings. The van der Waals surface area contributed by atoms with Gasteiger partial charge in [-0.25, -0.2) is 0 Å². The molecule has 0 bridgehead atoms. The minimum Gasteiger partial charge on any atom is -0.367 e. The Hall–Kier alpha value is -0.340. The molecule has 14 heavy (non-hydrogen) atoms. The molecule has 0 aromatic heterocycles. The van der Waals surface area contributed by atoms with E-state index in [2.05, 4.69) is 48.8 Å². The lowest BCUT2D eigenvalue weighted by atomic mass is 9.98. The van der Waals surface area contributed by atoms with Gasteiger partial charge in [0.05, 0.1) is 6.10 Å². The topological polar surface area (TPSA) is 9.23 Å². The number of benzene rings is 1. The van der Waals surface area contributed by atoms with Crippen molar-refractivity contribution < 1.29 is 4.74 Å². The first-order chi connectivity index (χ1) is 6.58. The van der Waals surface area contributed by atoms with Crippen molar-refractivity contribution >= 4 is 15.9 Å². The van der Waals surface area contributed by atoms with Gasteiger partial charge in [0, 0.05) is 5.33 Å². The van der Waals surface area contributed by atoms with Crippen LogP contribution in [0.2, 0.25) is 0 Å². The Labute approximate surface area is 94.6 Å². The third kappa shape index (κ3) is 2.82. The fraction of sp³-hybridized carbons (Fsp3) is 0.500. The molecule has 0 saturated heterocycles. The molecule has 0 fully saturated rings. The van der Waals surface area contributed by atoms with E-state index in [0.717, 1.165) is 5.33 Å². The van der Waals surface area contributed by atoms with Gasteiger partial charge in [-0.15, -0.1) is 0 Å². The van der Waals surface area contributed by atoms with Crippen LogP contribution in [0.4, 0.5) is 0 Å². The second-order valence-corrected chi connectivity index (χ2v) is 4.46. The molecule has 0 aliphatic rings. The molecular weight excluding hydrogens is 240 g/mol. The van der Waals surface area contributed by atoms with Gasteiger partial charge in [0.25, 0.3) is 0 Å². The first-order valence-corrected chi connectivity index (χ1v) is 6.00. The van der Waals surface area contributed by atoms with E-state index in [4.69, 9.17) is 4.74 Å². The molecule has 1 aromatic carbocycles. The summed E-state index contributed by atoms with van der Waals surface area (Å²) in [6.45, 7) is 6.23. The largest absolute Gasteiger partial charge is 0.367 e. The van der Waals surface area contributed by atoms with Crippen LogP contribution >= 0.6 is 15.9 Å². The summed E-state index contributed by atoms with van der Waals surface area (Å²) in [6.07, 6.45) is 0.234. The molecule has 0 N–H and O–H groups in total. The van der Waals surface area contributed by atoms with Gasteiger partial charge >= 0.3 is 0 Å². The molecule has 0 amide bonds. The zero-order chi connectivity index (χ0) is 10.6. The van der Waals surface area contributed by atoms with Gasteiger partial charge < -0.3 is 4.74 Å². The monoisotopic (exact) mass is 256 g/mol. The zero-order valence-electron chi connectivity index (χ0n) is 8.96. The second-order valence-electron chi connectivity index (χ2n) is 3.90. The van der Waals surface area contributed by atoms with Crippen LogP contribution in [-0.2, 0) is 10.3 Å². The van der Waals surface area contributed by atoms with E-state index in [1.54, 1.807) is 0 Å².